The van der Waals surface area contributed by atoms with Crippen LogP contribution < -0.4 is 0 Å². The van der Waals surface area contributed by atoms with Crippen LogP contribution in [0.1, 0.15) is 17.7 Å². The Morgan fingerprint density at radius 1 is 1.29 bits per heavy atom. The van der Waals surface area contributed by atoms with E-state index in [9.17, 15) is 13.5 Å². The summed E-state index contributed by atoms with van der Waals surface area (Å²) >= 11 is 1.33. The van der Waals surface area contributed by atoms with Crippen LogP contribution in [0, 0.1) is 12.8 Å². The Morgan fingerprint density at radius 2 is 1.95 bits per heavy atom. The summed E-state index contributed by atoms with van der Waals surface area (Å²) in [7, 11) is -3.33. The first-order valence-electron chi connectivity index (χ1n) is 7.44. The molecule has 1 aliphatic heterocycles. The zero-order valence-electron chi connectivity index (χ0n) is 12.2. The fourth-order valence-electron chi connectivity index (χ4n) is 2.73. The first-order chi connectivity index (χ1) is 9.96. The number of hydrogen-bond acceptors (Lipinski definition) is 5. The molecular formula is C14H22N2O3S2. The van der Waals surface area contributed by atoms with E-state index in [1.807, 2.05) is 13.0 Å². The first-order valence-corrected chi connectivity index (χ1v) is 9.69. The van der Waals surface area contributed by atoms with Gasteiger partial charge in [0.05, 0.1) is 6.10 Å². The van der Waals surface area contributed by atoms with Gasteiger partial charge in [0, 0.05) is 37.6 Å². The Kier molecular flexibility index (Phi) is 4.38. The van der Waals surface area contributed by atoms with E-state index in [2.05, 4.69) is 4.90 Å². The first kappa shape index (κ1) is 15.4. The number of aliphatic hydroxyl groups is 1. The highest BCUT2D eigenvalue weighted by molar-refractivity contribution is 7.91. The van der Waals surface area contributed by atoms with Crippen LogP contribution in [0.3, 0.4) is 0 Å². The molecular weight excluding hydrogens is 308 g/mol. The van der Waals surface area contributed by atoms with Gasteiger partial charge in [0.25, 0.3) is 10.0 Å². The van der Waals surface area contributed by atoms with E-state index >= 15 is 0 Å². The number of β-amino-alcohol motifs (C(OH)–C–C–N with tert-alkyl or cyclic N) is 1. The summed E-state index contributed by atoms with van der Waals surface area (Å²) in [4.78, 5) is 3.19. The number of hydrogen-bond donors (Lipinski definition) is 1. The van der Waals surface area contributed by atoms with Gasteiger partial charge in [0.15, 0.2) is 0 Å². The summed E-state index contributed by atoms with van der Waals surface area (Å²) in [5.41, 5.74) is 0. The average molecular weight is 330 g/mol. The molecule has 1 saturated heterocycles. The van der Waals surface area contributed by atoms with E-state index in [0.717, 1.165) is 17.7 Å². The number of aryl methyl sites for hydroxylation is 1. The third-order valence-electron chi connectivity index (χ3n) is 4.25. The summed E-state index contributed by atoms with van der Waals surface area (Å²) < 4.78 is 27.0. The van der Waals surface area contributed by atoms with Gasteiger partial charge in [0.1, 0.15) is 4.21 Å². The molecule has 1 aromatic rings. The van der Waals surface area contributed by atoms with Gasteiger partial charge in [-0.2, -0.15) is 4.31 Å². The molecule has 1 atom stereocenters. The lowest BCUT2D eigenvalue weighted by Gasteiger charge is -2.34. The molecule has 0 unspecified atom stereocenters. The number of aliphatic hydroxyl groups excluding tert-OH is 1. The van der Waals surface area contributed by atoms with Crippen LogP contribution in [0.5, 0.6) is 0 Å². The lowest BCUT2D eigenvalue weighted by atomic mass is 10.2. The van der Waals surface area contributed by atoms with Crippen molar-refractivity contribution in [3.05, 3.63) is 17.0 Å². The van der Waals surface area contributed by atoms with E-state index in [1.165, 1.54) is 11.3 Å². The highest BCUT2D eigenvalue weighted by atomic mass is 32.2. The van der Waals surface area contributed by atoms with Crippen LogP contribution in [0.2, 0.25) is 0 Å². The van der Waals surface area contributed by atoms with Crippen LogP contribution in [-0.4, -0.2) is 61.6 Å². The molecule has 1 aromatic heterocycles. The minimum atomic E-state index is -3.33. The fourth-order valence-corrected chi connectivity index (χ4v) is 5.58. The molecule has 7 heteroatoms. The topological polar surface area (TPSA) is 60.9 Å². The van der Waals surface area contributed by atoms with Crippen LogP contribution in [-0.2, 0) is 10.0 Å². The quantitative estimate of drug-likeness (QED) is 0.879. The Balaban J connectivity index is 1.57. The molecule has 0 aromatic carbocycles. The van der Waals surface area contributed by atoms with Gasteiger partial charge in [-0.05, 0) is 37.8 Å². The zero-order valence-corrected chi connectivity index (χ0v) is 13.9. The standard InChI is InChI=1S/C14H22N2O3S2/c1-11-2-5-14(20-11)21(18,19)16-8-6-15(7-9-16)10-13(17)12-3-4-12/h2,5,12-13,17H,3-4,6-10H2,1H3/t13-/m0/s1. The van der Waals surface area contributed by atoms with Crippen LogP contribution >= 0.6 is 11.3 Å². The SMILES string of the molecule is Cc1ccc(S(=O)(=O)N2CCN(C[C@H](O)C3CC3)CC2)s1. The van der Waals surface area contributed by atoms with Crippen molar-refractivity contribution in [2.45, 2.75) is 30.1 Å². The molecule has 0 radical (unpaired) electrons. The summed E-state index contributed by atoms with van der Waals surface area (Å²) in [6.45, 7) is 5.02. The minimum Gasteiger partial charge on any atom is -0.392 e. The Bertz CT molecular complexity index is 587. The molecule has 2 aliphatic rings. The fraction of sp³-hybridized carbons (Fsp3) is 0.714. The number of thiophene rings is 1. The Hall–Kier alpha value is -0.470. The second-order valence-electron chi connectivity index (χ2n) is 5.97. The molecule has 2 heterocycles. The third-order valence-corrected chi connectivity index (χ3v) is 7.62. The van der Waals surface area contributed by atoms with Crippen LogP contribution in [0.25, 0.3) is 0 Å². The number of nitrogens with zero attached hydrogens (tertiary/aromatic N) is 2. The van der Waals surface area contributed by atoms with E-state index in [-0.39, 0.29) is 6.10 Å². The molecule has 0 spiro atoms. The molecule has 1 saturated carbocycles. The van der Waals surface area contributed by atoms with E-state index in [4.69, 9.17) is 0 Å². The molecule has 1 aliphatic carbocycles. The lowest BCUT2D eigenvalue weighted by Crippen LogP contribution is -2.50. The average Bonchev–Trinajstić information content (AvgIpc) is 3.21. The maximum absolute atomic E-state index is 12.5. The maximum Gasteiger partial charge on any atom is 0.252 e. The summed E-state index contributed by atoms with van der Waals surface area (Å²) in [6.07, 6.45) is 2.02. The minimum absolute atomic E-state index is 0.242. The number of rotatable bonds is 5. The summed E-state index contributed by atoms with van der Waals surface area (Å²) in [5.74, 6) is 0.473. The summed E-state index contributed by atoms with van der Waals surface area (Å²) in [5, 5.41) is 9.98. The van der Waals surface area contributed by atoms with Gasteiger partial charge >= 0.3 is 0 Å². The molecule has 2 fully saturated rings. The van der Waals surface area contributed by atoms with Crippen LogP contribution in [0.4, 0.5) is 0 Å². The van der Waals surface area contributed by atoms with Crippen molar-refractivity contribution in [1.29, 1.82) is 0 Å². The van der Waals surface area contributed by atoms with Crippen molar-refractivity contribution in [3.63, 3.8) is 0 Å². The number of sulfonamides is 1. The molecule has 3 rings (SSSR count). The zero-order chi connectivity index (χ0) is 15.0. The van der Waals surface area contributed by atoms with Crippen LogP contribution in [0.15, 0.2) is 16.3 Å². The third kappa shape index (κ3) is 3.48. The van der Waals surface area contributed by atoms with Gasteiger partial charge in [-0.15, -0.1) is 11.3 Å². The predicted molar refractivity (Wildman–Crippen MR) is 83.0 cm³/mol. The van der Waals surface area contributed by atoms with Crippen molar-refractivity contribution in [3.8, 4) is 0 Å². The molecule has 118 valence electrons. The molecule has 21 heavy (non-hydrogen) atoms. The Morgan fingerprint density at radius 3 is 2.48 bits per heavy atom. The van der Waals surface area contributed by atoms with E-state index in [1.54, 1.807) is 10.4 Å². The number of piperazine rings is 1. The monoisotopic (exact) mass is 330 g/mol. The van der Waals surface area contributed by atoms with Gasteiger partial charge < -0.3 is 5.11 Å². The van der Waals surface area contributed by atoms with Crippen molar-refractivity contribution in [2.75, 3.05) is 32.7 Å². The van der Waals surface area contributed by atoms with Gasteiger partial charge in [0.2, 0.25) is 0 Å². The predicted octanol–water partition coefficient (Wildman–Crippen LogP) is 1.13. The van der Waals surface area contributed by atoms with Crippen molar-refractivity contribution >= 4 is 21.4 Å². The normalized spacial score (nSPS) is 23.3. The largest absolute Gasteiger partial charge is 0.392 e. The smallest absolute Gasteiger partial charge is 0.252 e. The van der Waals surface area contributed by atoms with Crippen molar-refractivity contribution < 1.29 is 13.5 Å². The van der Waals surface area contributed by atoms with Crippen molar-refractivity contribution in [2.24, 2.45) is 5.92 Å². The van der Waals surface area contributed by atoms with E-state index < -0.39 is 10.0 Å². The Labute approximate surface area is 130 Å². The highest BCUT2D eigenvalue weighted by Crippen LogP contribution is 2.33. The molecule has 0 amide bonds. The molecule has 1 N–H and O–H groups in total. The maximum atomic E-state index is 12.5. The molecule has 5 nitrogen and oxygen atoms in total. The van der Waals surface area contributed by atoms with Crippen molar-refractivity contribution in [1.82, 2.24) is 9.21 Å². The highest BCUT2D eigenvalue weighted by Gasteiger charge is 2.33. The van der Waals surface area contributed by atoms with Gasteiger partial charge in [-0.25, -0.2) is 8.42 Å². The lowest BCUT2D eigenvalue weighted by molar-refractivity contribution is 0.0782. The van der Waals surface area contributed by atoms with E-state index in [0.29, 0.717) is 42.9 Å². The summed E-state index contributed by atoms with van der Waals surface area (Å²) in [6, 6.07) is 3.54. The second kappa shape index (κ2) is 5.96. The second-order valence-corrected chi connectivity index (χ2v) is 9.43. The molecule has 0 bridgehead atoms. The van der Waals surface area contributed by atoms with Gasteiger partial charge in [-0.1, -0.05) is 0 Å². The van der Waals surface area contributed by atoms with Gasteiger partial charge in [-0.3, -0.25) is 4.90 Å².